The van der Waals surface area contributed by atoms with Crippen LogP contribution < -0.4 is 14.8 Å². The van der Waals surface area contributed by atoms with Crippen LogP contribution in [0.25, 0.3) is 21.6 Å². The van der Waals surface area contributed by atoms with Crippen LogP contribution in [0.4, 0.5) is 5.69 Å². The molecule has 0 saturated heterocycles. The first-order chi connectivity index (χ1) is 14.7. The summed E-state index contributed by atoms with van der Waals surface area (Å²) in [6.45, 7) is 0.145. The van der Waals surface area contributed by atoms with Gasteiger partial charge in [0, 0.05) is 17.5 Å². The second kappa shape index (κ2) is 8.14. The number of hydrogen-bond donors (Lipinski definition) is 1. The van der Waals surface area contributed by atoms with Gasteiger partial charge in [0.25, 0.3) is 0 Å². The number of amides is 1. The summed E-state index contributed by atoms with van der Waals surface area (Å²) in [5, 5.41) is 6.89. The Morgan fingerprint density at radius 1 is 1.13 bits per heavy atom. The zero-order valence-electron chi connectivity index (χ0n) is 15.4. The number of carbonyl (C=O) groups is 1. The highest BCUT2D eigenvalue weighted by Crippen LogP contribution is 2.39. The van der Waals surface area contributed by atoms with E-state index in [0.29, 0.717) is 28.0 Å². The van der Waals surface area contributed by atoms with E-state index in [4.69, 9.17) is 26.1 Å². The van der Waals surface area contributed by atoms with E-state index < -0.39 is 0 Å². The van der Waals surface area contributed by atoms with Gasteiger partial charge in [-0.05, 0) is 17.5 Å². The lowest BCUT2D eigenvalue weighted by molar-refractivity contribution is -0.113. The molecule has 0 aliphatic carbocycles. The summed E-state index contributed by atoms with van der Waals surface area (Å²) in [7, 11) is 0. The number of para-hydroxylation sites is 1. The van der Waals surface area contributed by atoms with Crippen molar-refractivity contribution in [2.45, 2.75) is 5.03 Å². The molecular weight excluding hydrogens is 442 g/mol. The minimum atomic E-state index is -0.193. The second-order valence-corrected chi connectivity index (χ2v) is 8.69. The van der Waals surface area contributed by atoms with Gasteiger partial charge in [-0.3, -0.25) is 4.79 Å². The fraction of sp³-hybridized carbons (Fsp3) is 0.0952. The van der Waals surface area contributed by atoms with Gasteiger partial charge in [-0.25, -0.2) is 9.97 Å². The number of aromatic nitrogens is 2. The van der Waals surface area contributed by atoms with E-state index in [1.54, 1.807) is 23.5 Å². The van der Waals surface area contributed by atoms with E-state index in [1.165, 1.54) is 11.8 Å². The highest BCUT2D eigenvalue weighted by molar-refractivity contribution is 8.00. The minimum Gasteiger partial charge on any atom is -0.454 e. The van der Waals surface area contributed by atoms with Crippen LogP contribution in [-0.2, 0) is 4.79 Å². The number of nitrogens with one attached hydrogen (secondary N) is 1. The first-order valence-electron chi connectivity index (χ1n) is 9.00. The number of thioether (sulfide) groups is 1. The molecule has 1 aliphatic heterocycles. The smallest absolute Gasteiger partial charge is 0.234 e. The molecule has 3 heterocycles. The maximum atomic E-state index is 12.6. The lowest BCUT2D eigenvalue weighted by Crippen LogP contribution is -2.14. The fourth-order valence-corrected chi connectivity index (χ4v) is 4.68. The average Bonchev–Trinajstić information content (AvgIpc) is 3.44. The summed E-state index contributed by atoms with van der Waals surface area (Å²) < 4.78 is 10.6. The lowest BCUT2D eigenvalue weighted by atomic mass is 10.2. The maximum Gasteiger partial charge on any atom is 0.234 e. The van der Waals surface area contributed by atoms with Crippen molar-refractivity contribution in [1.82, 2.24) is 9.97 Å². The van der Waals surface area contributed by atoms with Crippen molar-refractivity contribution in [3.8, 4) is 22.2 Å². The summed E-state index contributed by atoms with van der Waals surface area (Å²) in [5.74, 6) is 1.77. The molecule has 0 radical (unpaired) electrons. The van der Waals surface area contributed by atoms with E-state index in [1.807, 2.05) is 41.8 Å². The Hall–Kier alpha value is -2.81. The number of hydrogen-bond acceptors (Lipinski definition) is 7. The van der Waals surface area contributed by atoms with Crippen LogP contribution in [0.2, 0.25) is 5.02 Å². The molecule has 2 aromatic heterocycles. The van der Waals surface area contributed by atoms with Crippen LogP contribution in [0.15, 0.2) is 58.9 Å². The summed E-state index contributed by atoms with van der Waals surface area (Å²) >= 11 is 9.19. The number of halogens is 1. The van der Waals surface area contributed by atoms with Crippen LogP contribution in [-0.4, -0.2) is 28.4 Å². The molecule has 2 aromatic carbocycles. The second-order valence-electron chi connectivity index (χ2n) is 6.37. The quantitative estimate of drug-likeness (QED) is 0.317. The molecule has 0 saturated carbocycles. The largest absolute Gasteiger partial charge is 0.454 e. The van der Waals surface area contributed by atoms with Crippen molar-refractivity contribution < 1.29 is 14.3 Å². The molecule has 1 amide bonds. The van der Waals surface area contributed by atoms with E-state index in [2.05, 4.69) is 10.3 Å². The molecule has 0 fully saturated rings. The van der Waals surface area contributed by atoms with E-state index >= 15 is 0 Å². The number of ether oxygens (including phenoxy) is 2. The van der Waals surface area contributed by atoms with Crippen molar-refractivity contribution in [3.05, 3.63) is 58.9 Å². The monoisotopic (exact) mass is 455 g/mol. The molecule has 0 spiro atoms. The summed E-state index contributed by atoms with van der Waals surface area (Å²) in [6.07, 6.45) is 0. The van der Waals surface area contributed by atoms with Crippen molar-refractivity contribution >= 4 is 57.2 Å². The minimum absolute atomic E-state index is 0.145. The molecule has 1 N–H and O–H groups in total. The number of nitrogens with zero attached hydrogens (tertiary/aromatic N) is 2. The van der Waals surface area contributed by atoms with E-state index in [0.717, 1.165) is 20.8 Å². The van der Waals surface area contributed by atoms with Gasteiger partial charge in [0.1, 0.15) is 5.03 Å². The molecule has 1 aliphatic rings. The first kappa shape index (κ1) is 19.2. The van der Waals surface area contributed by atoms with Gasteiger partial charge in [-0.15, -0.1) is 11.3 Å². The number of benzene rings is 2. The fourth-order valence-electron chi connectivity index (χ4n) is 3.01. The van der Waals surface area contributed by atoms with Crippen LogP contribution in [0.5, 0.6) is 11.5 Å². The standard InChI is InChI=1S/C21H14ClN3O3S2/c22-13-8-16-17(28-11-27-16)9-15(13)23-19(26)10-30-21-12-4-1-2-5-14(12)24-20(25-21)18-6-3-7-29-18/h1-9H,10-11H2,(H,23,26). The number of anilines is 1. The normalized spacial score (nSPS) is 12.3. The van der Waals surface area contributed by atoms with Crippen molar-refractivity contribution in [1.29, 1.82) is 0 Å². The predicted octanol–water partition coefficient (Wildman–Crippen LogP) is 5.47. The molecule has 30 heavy (non-hydrogen) atoms. The Morgan fingerprint density at radius 2 is 1.97 bits per heavy atom. The van der Waals surface area contributed by atoms with Crippen molar-refractivity contribution in [2.75, 3.05) is 17.9 Å². The summed E-state index contributed by atoms with van der Waals surface area (Å²) in [4.78, 5) is 22.9. The number of fused-ring (bicyclic) bond motifs is 2. The molecule has 6 nitrogen and oxygen atoms in total. The number of carbonyl (C=O) groups excluding carboxylic acids is 1. The average molecular weight is 456 g/mol. The van der Waals surface area contributed by atoms with Crippen LogP contribution >= 0.6 is 34.7 Å². The third kappa shape index (κ3) is 3.81. The van der Waals surface area contributed by atoms with Gasteiger partial charge in [0.05, 0.1) is 26.9 Å². The van der Waals surface area contributed by atoms with Crippen LogP contribution in [0.3, 0.4) is 0 Å². The van der Waals surface area contributed by atoms with Gasteiger partial charge in [-0.2, -0.15) is 0 Å². The highest BCUT2D eigenvalue weighted by Gasteiger charge is 2.18. The lowest BCUT2D eigenvalue weighted by Gasteiger charge is -2.10. The zero-order valence-corrected chi connectivity index (χ0v) is 17.8. The molecule has 9 heteroatoms. The molecule has 150 valence electrons. The third-order valence-corrected chi connectivity index (χ3v) is 6.56. The number of rotatable bonds is 5. The molecule has 0 unspecified atom stereocenters. The molecular formula is C21H14ClN3O3S2. The Morgan fingerprint density at radius 3 is 2.80 bits per heavy atom. The highest BCUT2D eigenvalue weighted by atomic mass is 35.5. The van der Waals surface area contributed by atoms with Gasteiger partial charge in [-0.1, -0.05) is 47.6 Å². The third-order valence-electron chi connectivity index (χ3n) is 4.39. The van der Waals surface area contributed by atoms with Gasteiger partial charge < -0.3 is 14.8 Å². The predicted molar refractivity (Wildman–Crippen MR) is 120 cm³/mol. The Bertz CT molecular complexity index is 1250. The Labute approximate surface area is 185 Å². The summed E-state index contributed by atoms with van der Waals surface area (Å²) in [5.41, 5.74) is 1.33. The number of thiophene rings is 1. The Kier molecular flexibility index (Phi) is 5.20. The molecule has 5 rings (SSSR count). The van der Waals surface area contributed by atoms with E-state index in [9.17, 15) is 4.79 Å². The molecule has 0 atom stereocenters. The topological polar surface area (TPSA) is 73.3 Å². The summed E-state index contributed by atoms with van der Waals surface area (Å²) in [6, 6.07) is 15.0. The first-order valence-corrected chi connectivity index (χ1v) is 11.2. The van der Waals surface area contributed by atoms with Crippen molar-refractivity contribution in [2.24, 2.45) is 0 Å². The van der Waals surface area contributed by atoms with Gasteiger partial charge in [0.15, 0.2) is 17.3 Å². The SMILES string of the molecule is O=C(CSc1nc(-c2cccs2)nc2ccccc12)Nc1cc2c(cc1Cl)OCO2. The zero-order chi connectivity index (χ0) is 20.5. The maximum absolute atomic E-state index is 12.6. The van der Waals surface area contributed by atoms with Gasteiger partial charge >= 0.3 is 0 Å². The van der Waals surface area contributed by atoms with Gasteiger partial charge in [0.2, 0.25) is 12.7 Å². The Balaban J connectivity index is 1.36. The van der Waals surface area contributed by atoms with Crippen molar-refractivity contribution in [3.63, 3.8) is 0 Å². The van der Waals surface area contributed by atoms with Crippen LogP contribution in [0.1, 0.15) is 0 Å². The molecule has 0 bridgehead atoms. The van der Waals surface area contributed by atoms with Crippen LogP contribution in [0, 0.1) is 0 Å². The van der Waals surface area contributed by atoms with E-state index in [-0.39, 0.29) is 18.5 Å². The molecule has 4 aromatic rings.